The lowest BCUT2D eigenvalue weighted by molar-refractivity contribution is 0.934. The molecule has 14 heavy (non-hydrogen) atoms. The smallest absolute Gasteiger partial charge is 0.119 e. The Labute approximate surface area is 81.8 Å². The molecule has 1 aromatic carbocycles. The van der Waals surface area contributed by atoms with Gasteiger partial charge in [-0.3, -0.25) is 4.98 Å². The van der Waals surface area contributed by atoms with Crippen molar-refractivity contribution in [1.82, 2.24) is 4.98 Å². The Balaban J connectivity index is 2.72. The first-order valence-corrected chi connectivity index (χ1v) is 4.32. The minimum Gasteiger partial charge on any atom is -0.312 e. The summed E-state index contributed by atoms with van der Waals surface area (Å²) in [4.78, 5) is 4.19. The molecule has 1 aromatic heterocycles. The summed E-state index contributed by atoms with van der Waals surface area (Å²) in [6.45, 7) is 0. The van der Waals surface area contributed by atoms with E-state index in [9.17, 15) is 0 Å². The van der Waals surface area contributed by atoms with E-state index in [1.54, 1.807) is 12.3 Å². The summed E-state index contributed by atoms with van der Waals surface area (Å²) in [5.74, 6) is 0. The van der Waals surface area contributed by atoms with Crippen LogP contribution in [0.15, 0.2) is 36.5 Å². The van der Waals surface area contributed by atoms with Crippen molar-refractivity contribution in [2.45, 2.75) is 6.04 Å². The molecule has 68 valence electrons. The summed E-state index contributed by atoms with van der Waals surface area (Å²) in [5.41, 5.74) is 7.37. The lowest BCUT2D eigenvalue weighted by Gasteiger charge is -2.06. The SMILES string of the molecule is N#CC(N)c1ccnc2ccccc12. The monoisotopic (exact) mass is 183 g/mol. The molecule has 0 bridgehead atoms. The molecule has 1 atom stereocenters. The number of nitrogens with two attached hydrogens (primary N) is 1. The molecular formula is C11H9N3. The summed E-state index contributed by atoms with van der Waals surface area (Å²) in [6.07, 6.45) is 1.68. The first-order chi connectivity index (χ1) is 6.83. The lowest BCUT2D eigenvalue weighted by atomic mass is 10.0. The van der Waals surface area contributed by atoms with E-state index in [1.165, 1.54) is 0 Å². The van der Waals surface area contributed by atoms with Crippen LogP contribution in [0.5, 0.6) is 0 Å². The predicted molar refractivity (Wildman–Crippen MR) is 54.3 cm³/mol. The molecule has 3 nitrogen and oxygen atoms in total. The lowest BCUT2D eigenvalue weighted by Crippen LogP contribution is -2.07. The van der Waals surface area contributed by atoms with E-state index in [-0.39, 0.29) is 0 Å². The molecule has 0 aliphatic carbocycles. The summed E-state index contributed by atoms with van der Waals surface area (Å²) >= 11 is 0. The molecule has 0 radical (unpaired) electrons. The molecule has 2 rings (SSSR count). The number of hydrogen-bond acceptors (Lipinski definition) is 3. The number of nitriles is 1. The van der Waals surface area contributed by atoms with E-state index in [2.05, 4.69) is 4.98 Å². The molecule has 2 N–H and O–H groups in total. The van der Waals surface area contributed by atoms with Crippen LogP contribution in [0, 0.1) is 11.3 Å². The first-order valence-electron chi connectivity index (χ1n) is 4.32. The number of nitrogens with zero attached hydrogens (tertiary/aromatic N) is 2. The third kappa shape index (κ3) is 1.32. The molecule has 0 fully saturated rings. The van der Waals surface area contributed by atoms with Gasteiger partial charge in [0, 0.05) is 11.6 Å². The largest absolute Gasteiger partial charge is 0.312 e. The Morgan fingerprint density at radius 2 is 2.07 bits per heavy atom. The summed E-state index contributed by atoms with van der Waals surface area (Å²) in [5, 5.41) is 9.70. The normalized spacial score (nSPS) is 12.3. The third-order valence-electron chi connectivity index (χ3n) is 2.16. The third-order valence-corrected chi connectivity index (χ3v) is 2.16. The van der Waals surface area contributed by atoms with Gasteiger partial charge in [-0.2, -0.15) is 5.26 Å². The quantitative estimate of drug-likeness (QED) is 0.732. The van der Waals surface area contributed by atoms with Gasteiger partial charge in [-0.25, -0.2) is 0 Å². The van der Waals surface area contributed by atoms with Crippen molar-refractivity contribution in [3.05, 3.63) is 42.1 Å². The Bertz CT molecular complexity index is 494. The van der Waals surface area contributed by atoms with Crippen molar-refractivity contribution in [3.63, 3.8) is 0 Å². The molecule has 0 saturated heterocycles. The Hall–Kier alpha value is -1.92. The highest BCUT2D eigenvalue weighted by atomic mass is 14.7. The van der Waals surface area contributed by atoms with Crippen LogP contribution < -0.4 is 5.73 Å². The number of para-hydroxylation sites is 1. The van der Waals surface area contributed by atoms with Crippen LogP contribution in [0.3, 0.4) is 0 Å². The van der Waals surface area contributed by atoms with Crippen molar-refractivity contribution in [2.24, 2.45) is 5.73 Å². The fourth-order valence-corrected chi connectivity index (χ4v) is 1.46. The molecule has 2 aromatic rings. The number of pyridine rings is 1. The number of rotatable bonds is 1. The van der Waals surface area contributed by atoms with Crippen LogP contribution in [0.25, 0.3) is 10.9 Å². The molecule has 0 aliphatic rings. The summed E-state index contributed by atoms with van der Waals surface area (Å²) < 4.78 is 0. The van der Waals surface area contributed by atoms with Crippen LogP contribution in [0.4, 0.5) is 0 Å². The Morgan fingerprint density at radius 3 is 2.86 bits per heavy atom. The van der Waals surface area contributed by atoms with Gasteiger partial charge in [-0.05, 0) is 17.7 Å². The first kappa shape index (κ1) is 8.67. The molecular weight excluding hydrogens is 174 g/mol. The fourth-order valence-electron chi connectivity index (χ4n) is 1.46. The number of aromatic nitrogens is 1. The molecule has 0 aliphatic heterocycles. The van der Waals surface area contributed by atoms with Gasteiger partial charge in [0.05, 0.1) is 11.6 Å². The van der Waals surface area contributed by atoms with Crippen LogP contribution in [0.2, 0.25) is 0 Å². The van der Waals surface area contributed by atoms with Gasteiger partial charge in [-0.15, -0.1) is 0 Å². The van der Waals surface area contributed by atoms with E-state index in [0.717, 1.165) is 16.5 Å². The van der Waals surface area contributed by atoms with Gasteiger partial charge in [-0.1, -0.05) is 18.2 Å². The second-order valence-corrected chi connectivity index (χ2v) is 3.02. The topological polar surface area (TPSA) is 62.7 Å². The van der Waals surface area contributed by atoms with E-state index in [4.69, 9.17) is 11.0 Å². The average Bonchev–Trinajstić information content (AvgIpc) is 2.27. The second-order valence-electron chi connectivity index (χ2n) is 3.02. The zero-order valence-corrected chi connectivity index (χ0v) is 7.51. The second kappa shape index (κ2) is 3.44. The van der Waals surface area contributed by atoms with Crippen molar-refractivity contribution < 1.29 is 0 Å². The highest BCUT2D eigenvalue weighted by Gasteiger charge is 2.07. The zero-order chi connectivity index (χ0) is 9.97. The van der Waals surface area contributed by atoms with Crippen LogP contribution >= 0.6 is 0 Å². The fraction of sp³-hybridized carbons (Fsp3) is 0.0909. The van der Waals surface area contributed by atoms with E-state index in [0.29, 0.717) is 0 Å². The molecule has 1 heterocycles. The maximum absolute atomic E-state index is 8.75. The van der Waals surface area contributed by atoms with Crippen molar-refractivity contribution in [1.29, 1.82) is 5.26 Å². The highest BCUT2D eigenvalue weighted by molar-refractivity contribution is 5.82. The molecule has 0 saturated carbocycles. The van der Waals surface area contributed by atoms with Gasteiger partial charge < -0.3 is 5.73 Å². The Kier molecular flexibility index (Phi) is 2.13. The van der Waals surface area contributed by atoms with Crippen LogP contribution in [0.1, 0.15) is 11.6 Å². The molecule has 3 heteroatoms. The summed E-state index contributed by atoms with van der Waals surface area (Å²) in [7, 11) is 0. The minimum absolute atomic E-state index is 0.581. The predicted octanol–water partition coefficient (Wildman–Crippen LogP) is 1.76. The van der Waals surface area contributed by atoms with Crippen LogP contribution in [-0.2, 0) is 0 Å². The number of benzene rings is 1. The number of fused-ring (bicyclic) bond motifs is 1. The number of hydrogen-bond donors (Lipinski definition) is 1. The van der Waals surface area contributed by atoms with Gasteiger partial charge in [0.25, 0.3) is 0 Å². The van der Waals surface area contributed by atoms with Gasteiger partial charge in [0.2, 0.25) is 0 Å². The van der Waals surface area contributed by atoms with Crippen molar-refractivity contribution >= 4 is 10.9 Å². The van der Waals surface area contributed by atoms with Crippen molar-refractivity contribution in [3.8, 4) is 6.07 Å². The minimum atomic E-state index is -0.581. The molecule has 0 spiro atoms. The van der Waals surface area contributed by atoms with E-state index < -0.39 is 6.04 Å². The maximum Gasteiger partial charge on any atom is 0.119 e. The van der Waals surface area contributed by atoms with Gasteiger partial charge >= 0.3 is 0 Å². The Morgan fingerprint density at radius 1 is 1.29 bits per heavy atom. The van der Waals surface area contributed by atoms with E-state index >= 15 is 0 Å². The van der Waals surface area contributed by atoms with Crippen LogP contribution in [-0.4, -0.2) is 4.98 Å². The zero-order valence-electron chi connectivity index (χ0n) is 7.51. The van der Waals surface area contributed by atoms with Gasteiger partial charge in [0.15, 0.2) is 0 Å². The van der Waals surface area contributed by atoms with Gasteiger partial charge in [0.1, 0.15) is 6.04 Å². The highest BCUT2D eigenvalue weighted by Crippen LogP contribution is 2.20. The maximum atomic E-state index is 8.75. The molecule has 0 amide bonds. The summed E-state index contributed by atoms with van der Waals surface area (Å²) in [6, 6.07) is 10.9. The molecule has 1 unspecified atom stereocenters. The van der Waals surface area contributed by atoms with Crippen molar-refractivity contribution in [2.75, 3.05) is 0 Å². The standard InChI is InChI=1S/C11H9N3/c12-7-10(13)8-5-6-14-11-4-2-1-3-9(8)11/h1-6,10H,13H2. The van der Waals surface area contributed by atoms with E-state index in [1.807, 2.05) is 30.3 Å². The average molecular weight is 183 g/mol.